The topological polar surface area (TPSA) is 101 Å². The molecule has 1 aliphatic rings. The molecule has 1 aromatic rings. The number of rotatable bonds is 6. The van der Waals surface area contributed by atoms with Gasteiger partial charge in [-0.05, 0) is 38.5 Å². The lowest BCUT2D eigenvalue weighted by molar-refractivity contribution is -0.0611. The average molecular weight is 354 g/mol. The highest BCUT2D eigenvalue weighted by Gasteiger charge is 2.43. The SMILES string of the molecule is CCCCCCC(=NC#N)N[C@@H]1c2cc(C#N)ccc2OC(C)(C)[C@H]1O. The van der Waals surface area contributed by atoms with E-state index < -0.39 is 17.7 Å². The first-order valence-corrected chi connectivity index (χ1v) is 9.06. The molecule has 1 aromatic carbocycles. The summed E-state index contributed by atoms with van der Waals surface area (Å²) in [5.74, 6) is 1.18. The van der Waals surface area contributed by atoms with Crippen molar-refractivity contribution in [1.82, 2.24) is 5.32 Å². The normalized spacial score (nSPS) is 21.1. The fourth-order valence-corrected chi connectivity index (χ4v) is 3.15. The first-order valence-electron chi connectivity index (χ1n) is 9.06. The second kappa shape index (κ2) is 8.69. The number of fused-ring (bicyclic) bond motifs is 1. The fourth-order valence-electron chi connectivity index (χ4n) is 3.15. The number of amidine groups is 1. The molecule has 0 saturated heterocycles. The molecule has 0 aromatic heterocycles. The largest absolute Gasteiger partial charge is 0.485 e. The Morgan fingerprint density at radius 2 is 2.08 bits per heavy atom. The van der Waals surface area contributed by atoms with E-state index in [0.717, 1.165) is 25.7 Å². The monoisotopic (exact) mass is 354 g/mol. The van der Waals surface area contributed by atoms with E-state index in [-0.39, 0.29) is 0 Å². The zero-order valence-electron chi connectivity index (χ0n) is 15.6. The van der Waals surface area contributed by atoms with E-state index in [9.17, 15) is 10.4 Å². The summed E-state index contributed by atoms with van der Waals surface area (Å²) < 4.78 is 5.91. The molecule has 1 aliphatic heterocycles. The van der Waals surface area contributed by atoms with Crippen LogP contribution in [0.5, 0.6) is 5.75 Å². The van der Waals surface area contributed by atoms with Gasteiger partial charge in [-0.25, -0.2) is 0 Å². The molecular weight excluding hydrogens is 328 g/mol. The third-order valence-corrected chi connectivity index (χ3v) is 4.65. The Kier molecular flexibility index (Phi) is 6.60. The Balaban J connectivity index is 2.29. The molecule has 0 amide bonds. The molecule has 2 rings (SSSR count). The van der Waals surface area contributed by atoms with Gasteiger partial charge in [0.2, 0.25) is 6.19 Å². The Bertz CT molecular complexity index is 743. The van der Waals surface area contributed by atoms with Crippen LogP contribution in [-0.4, -0.2) is 22.6 Å². The van der Waals surface area contributed by atoms with Crippen molar-refractivity contribution in [3.05, 3.63) is 29.3 Å². The molecule has 0 unspecified atom stereocenters. The third kappa shape index (κ3) is 4.53. The highest BCUT2D eigenvalue weighted by atomic mass is 16.5. The molecule has 0 aliphatic carbocycles. The second-order valence-corrected chi connectivity index (χ2v) is 7.11. The van der Waals surface area contributed by atoms with E-state index in [1.165, 1.54) is 0 Å². The number of aliphatic hydroxyl groups is 1. The highest BCUT2D eigenvalue weighted by molar-refractivity contribution is 5.83. The zero-order chi connectivity index (χ0) is 19.2. The van der Waals surface area contributed by atoms with Crippen LogP contribution in [0, 0.1) is 22.8 Å². The van der Waals surface area contributed by atoms with Crippen molar-refractivity contribution in [3.63, 3.8) is 0 Å². The number of nitriles is 2. The summed E-state index contributed by atoms with van der Waals surface area (Å²) in [6, 6.07) is 6.77. The highest BCUT2D eigenvalue weighted by Crippen LogP contribution is 2.40. The summed E-state index contributed by atoms with van der Waals surface area (Å²) in [4.78, 5) is 3.91. The quantitative estimate of drug-likeness (QED) is 0.352. The van der Waals surface area contributed by atoms with Crippen molar-refractivity contribution in [1.29, 1.82) is 10.5 Å². The minimum absolute atomic E-state index is 0.493. The molecule has 0 saturated carbocycles. The number of ether oxygens (including phenoxy) is 1. The van der Waals surface area contributed by atoms with E-state index in [2.05, 4.69) is 23.3 Å². The lowest BCUT2D eigenvalue weighted by Gasteiger charge is -2.42. The van der Waals surface area contributed by atoms with Crippen molar-refractivity contribution in [2.24, 2.45) is 4.99 Å². The van der Waals surface area contributed by atoms with Gasteiger partial charge in [0, 0.05) is 12.0 Å². The van der Waals surface area contributed by atoms with Crippen LogP contribution in [-0.2, 0) is 0 Å². The molecule has 6 nitrogen and oxygen atoms in total. The van der Waals surface area contributed by atoms with Gasteiger partial charge in [-0.1, -0.05) is 26.2 Å². The molecule has 6 heteroatoms. The summed E-state index contributed by atoms with van der Waals surface area (Å²) in [5, 5.41) is 32.3. The number of aliphatic hydroxyl groups excluding tert-OH is 1. The molecule has 0 spiro atoms. The van der Waals surface area contributed by atoms with Crippen LogP contribution in [0.15, 0.2) is 23.2 Å². The number of hydrogen-bond donors (Lipinski definition) is 2. The second-order valence-electron chi connectivity index (χ2n) is 7.11. The van der Waals surface area contributed by atoms with Gasteiger partial charge in [-0.3, -0.25) is 0 Å². The molecule has 0 radical (unpaired) electrons. The Labute approximate surface area is 155 Å². The number of nitrogens with zero attached hydrogens (tertiary/aromatic N) is 3. The molecule has 0 bridgehead atoms. The minimum atomic E-state index is -0.858. The molecule has 2 N–H and O–H groups in total. The van der Waals surface area contributed by atoms with E-state index in [1.54, 1.807) is 18.2 Å². The third-order valence-electron chi connectivity index (χ3n) is 4.65. The van der Waals surface area contributed by atoms with Gasteiger partial charge in [-0.2, -0.15) is 15.5 Å². The lowest BCUT2D eigenvalue weighted by atomic mass is 9.85. The van der Waals surface area contributed by atoms with Gasteiger partial charge in [0.1, 0.15) is 23.3 Å². The number of aliphatic imine (C=N–C) groups is 1. The van der Waals surface area contributed by atoms with Crippen molar-refractivity contribution >= 4 is 5.84 Å². The predicted octanol–water partition coefficient (Wildman–Crippen LogP) is 3.57. The maximum atomic E-state index is 10.8. The fraction of sp³-hybridized carbons (Fsp3) is 0.550. The standard InChI is InChI=1S/C20H26N4O2/c1-4-5-6-7-8-17(23-13-22)24-18-15-11-14(12-21)9-10-16(15)26-20(2,3)19(18)25/h9-11,18-19,25H,4-8H2,1-3H3,(H,23,24)/t18-,19+/m1/s1. The molecule has 1 heterocycles. The van der Waals surface area contributed by atoms with Crippen LogP contribution < -0.4 is 10.1 Å². The van der Waals surface area contributed by atoms with Crippen molar-refractivity contribution in [3.8, 4) is 18.0 Å². The number of unbranched alkanes of at least 4 members (excludes halogenated alkanes) is 3. The number of hydrogen-bond acceptors (Lipinski definition) is 5. The first-order chi connectivity index (χ1) is 12.4. The van der Waals surface area contributed by atoms with E-state index >= 15 is 0 Å². The Morgan fingerprint density at radius 1 is 1.31 bits per heavy atom. The summed E-state index contributed by atoms with van der Waals surface area (Å²) in [7, 11) is 0. The Morgan fingerprint density at radius 3 is 2.73 bits per heavy atom. The van der Waals surface area contributed by atoms with E-state index in [0.29, 0.717) is 29.1 Å². The van der Waals surface area contributed by atoms with Gasteiger partial charge < -0.3 is 15.2 Å². The van der Waals surface area contributed by atoms with Crippen molar-refractivity contribution in [2.75, 3.05) is 0 Å². The smallest absolute Gasteiger partial charge is 0.207 e. The van der Waals surface area contributed by atoms with Gasteiger partial charge in [-0.15, -0.1) is 0 Å². The van der Waals surface area contributed by atoms with E-state index in [1.807, 2.05) is 20.0 Å². The summed E-state index contributed by atoms with van der Waals surface area (Å²) in [6.45, 7) is 5.78. The predicted molar refractivity (Wildman–Crippen MR) is 99.6 cm³/mol. The van der Waals surface area contributed by atoms with Crippen LogP contribution >= 0.6 is 0 Å². The minimum Gasteiger partial charge on any atom is -0.485 e. The molecule has 2 atom stereocenters. The summed E-state index contributed by atoms with van der Waals surface area (Å²) >= 11 is 0. The van der Waals surface area contributed by atoms with E-state index in [4.69, 9.17) is 10.00 Å². The van der Waals surface area contributed by atoms with Crippen molar-refractivity contribution in [2.45, 2.75) is 70.6 Å². The maximum Gasteiger partial charge on any atom is 0.207 e. The molecule has 0 fully saturated rings. The molecule has 138 valence electrons. The van der Waals surface area contributed by atoms with Gasteiger partial charge >= 0.3 is 0 Å². The summed E-state index contributed by atoms with van der Waals surface area (Å²) in [6.07, 6.45) is 5.90. The maximum absolute atomic E-state index is 10.8. The van der Waals surface area contributed by atoms with Gasteiger partial charge in [0.15, 0.2) is 0 Å². The van der Waals surface area contributed by atoms with Crippen LogP contribution in [0.1, 0.15) is 70.0 Å². The van der Waals surface area contributed by atoms with Crippen LogP contribution in [0.25, 0.3) is 0 Å². The summed E-state index contributed by atoms with van der Waals surface area (Å²) in [5.41, 5.74) is 0.390. The van der Waals surface area contributed by atoms with Gasteiger partial charge in [0.25, 0.3) is 0 Å². The van der Waals surface area contributed by atoms with Crippen LogP contribution in [0.2, 0.25) is 0 Å². The average Bonchev–Trinajstić information content (AvgIpc) is 2.62. The molecular formula is C20H26N4O2. The zero-order valence-corrected chi connectivity index (χ0v) is 15.6. The van der Waals surface area contributed by atoms with Crippen molar-refractivity contribution < 1.29 is 9.84 Å². The number of benzene rings is 1. The van der Waals surface area contributed by atoms with Crippen LogP contribution in [0.4, 0.5) is 0 Å². The first kappa shape index (κ1) is 19.8. The Hall–Kier alpha value is -2.57. The van der Waals surface area contributed by atoms with Crippen LogP contribution in [0.3, 0.4) is 0 Å². The van der Waals surface area contributed by atoms with Gasteiger partial charge in [0.05, 0.1) is 17.7 Å². The number of nitrogens with one attached hydrogen (secondary N) is 1. The lowest BCUT2D eigenvalue weighted by Crippen LogP contribution is -2.53. The molecule has 26 heavy (non-hydrogen) atoms.